The van der Waals surface area contributed by atoms with Gasteiger partial charge < -0.3 is 11.5 Å². The molecule has 0 aromatic heterocycles. The molecule has 3 aliphatic rings. The van der Waals surface area contributed by atoms with Crippen molar-refractivity contribution in [2.24, 2.45) is 11.5 Å². The van der Waals surface area contributed by atoms with E-state index in [9.17, 15) is 9.59 Å². The summed E-state index contributed by atoms with van der Waals surface area (Å²) in [5, 5.41) is 0. The lowest BCUT2D eigenvalue weighted by Crippen LogP contribution is -2.51. The first-order valence-corrected chi connectivity index (χ1v) is 5.90. The molecule has 4 rings (SSSR count). The highest BCUT2D eigenvalue weighted by Crippen LogP contribution is 2.49. The smallest absolute Gasteiger partial charge is 0.231 e. The molecule has 3 aliphatic carbocycles. The Bertz CT molecular complexity index is 576. The Morgan fingerprint density at radius 1 is 1.00 bits per heavy atom. The third kappa shape index (κ3) is 1.10. The average Bonchev–Trinajstić information content (AvgIpc) is 2.52. The van der Waals surface area contributed by atoms with Gasteiger partial charge in [-0.1, -0.05) is 36.4 Å². The third-order valence-corrected chi connectivity index (χ3v) is 4.31. The zero-order valence-corrected chi connectivity index (χ0v) is 9.85. The third-order valence-electron chi connectivity index (χ3n) is 4.31. The first-order chi connectivity index (χ1) is 8.51. The van der Waals surface area contributed by atoms with Crippen LogP contribution in [0.15, 0.2) is 36.4 Å². The zero-order chi connectivity index (χ0) is 13.0. The highest BCUT2D eigenvalue weighted by molar-refractivity contribution is 5.95. The SMILES string of the molecule is NC(=O)C12C=CCC(C(N)=O)(C1)c1ccc2cc1. The summed E-state index contributed by atoms with van der Waals surface area (Å²) in [7, 11) is 0. The van der Waals surface area contributed by atoms with Crippen LogP contribution in [0, 0.1) is 0 Å². The molecule has 0 saturated heterocycles. The largest absolute Gasteiger partial charge is 0.369 e. The molecular formula is C14H14N2O2. The number of nitrogens with two attached hydrogens (primary N) is 2. The maximum Gasteiger partial charge on any atom is 0.231 e. The summed E-state index contributed by atoms with van der Waals surface area (Å²) in [6.07, 6.45) is 4.52. The normalized spacial score (nSPS) is 32.0. The number of hydrogen-bond acceptors (Lipinski definition) is 2. The van der Waals surface area contributed by atoms with Gasteiger partial charge in [-0.3, -0.25) is 9.59 Å². The summed E-state index contributed by atoms with van der Waals surface area (Å²) < 4.78 is 0. The van der Waals surface area contributed by atoms with Crippen molar-refractivity contribution in [3.63, 3.8) is 0 Å². The summed E-state index contributed by atoms with van der Waals surface area (Å²) in [5.74, 6) is -0.832. The maximum atomic E-state index is 11.9. The minimum Gasteiger partial charge on any atom is -0.369 e. The highest BCUT2D eigenvalue weighted by Gasteiger charge is 2.52. The van der Waals surface area contributed by atoms with Gasteiger partial charge in [-0.25, -0.2) is 0 Å². The van der Waals surface area contributed by atoms with Gasteiger partial charge in [0.05, 0.1) is 10.8 Å². The fourth-order valence-corrected chi connectivity index (χ4v) is 3.21. The standard InChI is InChI=1S/C14H14N2O2/c15-11(17)13-6-1-7-14(8-13,12(16)18)10-3-2-9(13)4-5-10/h1-6H,7-8H2,(H2,15,17)(H2,16,18). The number of amides is 2. The van der Waals surface area contributed by atoms with Gasteiger partial charge in [-0.05, 0) is 24.0 Å². The molecule has 2 unspecified atom stereocenters. The topological polar surface area (TPSA) is 86.2 Å². The monoisotopic (exact) mass is 242 g/mol. The molecule has 4 heteroatoms. The van der Waals surface area contributed by atoms with Gasteiger partial charge in [0.15, 0.2) is 0 Å². The summed E-state index contributed by atoms with van der Waals surface area (Å²) in [6, 6.07) is 7.47. The Labute approximate surface area is 105 Å². The van der Waals surface area contributed by atoms with Crippen LogP contribution in [-0.2, 0) is 20.4 Å². The minimum atomic E-state index is -0.904. The first kappa shape index (κ1) is 11.0. The second-order valence-electron chi connectivity index (χ2n) is 5.14. The van der Waals surface area contributed by atoms with Crippen LogP contribution in [0.25, 0.3) is 0 Å². The Morgan fingerprint density at radius 2 is 1.61 bits per heavy atom. The Hall–Kier alpha value is -2.10. The van der Waals surface area contributed by atoms with Crippen LogP contribution in [0.4, 0.5) is 0 Å². The maximum absolute atomic E-state index is 11.9. The molecule has 0 radical (unpaired) electrons. The molecule has 0 spiro atoms. The number of fused-ring (bicyclic) bond motifs is 2. The van der Waals surface area contributed by atoms with E-state index in [-0.39, 0.29) is 0 Å². The van der Waals surface area contributed by atoms with Crippen LogP contribution in [0.2, 0.25) is 0 Å². The van der Waals surface area contributed by atoms with Crippen LogP contribution < -0.4 is 11.5 Å². The lowest BCUT2D eigenvalue weighted by molar-refractivity contribution is -0.127. The number of primary amides is 2. The van der Waals surface area contributed by atoms with Gasteiger partial charge in [0.1, 0.15) is 0 Å². The molecular weight excluding hydrogens is 228 g/mol. The highest BCUT2D eigenvalue weighted by atomic mass is 16.2. The number of allylic oxidation sites excluding steroid dienone is 1. The summed E-state index contributed by atoms with van der Waals surface area (Å²) in [6.45, 7) is 0. The molecule has 4 N–H and O–H groups in total. The zero-order valence-electron chi connectivity index (χ0n) is 9.85. The van der Waals surface area contributed by atoms with Crippen LogP contribution in [0.3, 0.4) is 0 Å². The van der Waals surface area contributed by atoms with Gasteiger partial charge in [0, 0.05) is 0 Å². The van der Waals surface area contributed by atoms with Crippen LogP contribution in [-0.4, -0.2) is 11.8 Å². The molecule has 4 bridgehead atoms. The molecule has 18 heavy (non-hydrogen) atoms. The number of hydrogen-bond donors (Lipinski definition) is 2. The van der Waals surface area contributed by atoms with Crippen molar-refractivity contribution in [3.8, 4) is 0 Å². The van der Waals surface area contributed by atoms with Crippen molar-refractivity contribution < 1.29 is 9.59 Å². The number of carbonyl (C=O) groups is 2. The predicted octanol–water partition coefficient (Wildman–Crippen LogP) is 0.496. The lowest BCUT2D eigenvalue weighted by Gasteiger charge is -2.39. The van der Waals surface area contributed by atoms with E-state index in [0.29, 0.717) is 12.8 Å². The van der Waals surface area contributed by atoms with Gasteiger partial charge in [-0.15, -0.1) is 0 Å². The second kappa shape index (κ2) is 3.22. The molecule has 2 atom stereocenters. The van der Waals surface area contributed by atoms with Crippen LogP contribution >= 0.6 is 0 Å². The van der Waals surface area contributed by atoms with Gasteiger partial charge in [-0.2, -0.15) is 0 Å². The van der Waals surface area contributed by atoms with Crippen molar-refractivity contribution in [3.05, 3.63) is 47.5 Å². The Balaban J connectivity index is 2.34. The van der Waals surface area contributed by atoms with Crippen molar-refractivity contribution >= 4 is 11.8 Å². The predicted molar refractivity (Wildman–Crippen MR) is 66.6 cm³/mol. The van der Waals surface area contributed by atoms with E-state index in [1.807, 2.05) is 36.4 Å². The van der Waals surface area contributed by atoms with Crippen molar-refractivity contribution in [1.29, 1.82) is 0 Å². The second-order valence-corrected chi connectivity index (χ2v) is 5.14. The fraction of sp³-hybridized carbons (Fsp3) is 0.286. The summed E-state index contributed by atoms with van der Waals surface area (Å²) >= 11 is 0. The molecule has 4 nitrogen and oxygen atoms in total. The number of carbonyl (C=O) groups excluding carboxylic acids is 2. The number of benzene rings is 1. The fourth-order valence-electron chi connectivity index (χ4n) is 3.21. The van der Waals surface area contributed by atoms with E-state index in [4.69, 9.17) is 11.5 Å². The lowest BCUT2D eigenvalue weighted by atomic mass is 9.62. The molecule has 0 saturated carbocycles. The molecule has 1 aromatic rings. The van der Waals surface area contributed by atoms with E-state index in [2.05, 4.69) is 0 Å². The first-order valence-electron chi connectivity index (χ1n) is 5.90. The van der Waals surface area contributed by atoms with E-state index in [1.165, 1.54) is 0 Å². The Morgan fingerprint density at radius 3 is 2.17 bits per heavy atom. The van der Waals surface area contributed by atoms with Crippen molar-refractivity contribution in [2.45, 2.75) is 23.7 Å². The van der Waals surface area contributed by atoms with E-state index in [1.54, 1.807) is 0 Å². The number of rotatable bonds is 2. The van der Waals surface area contributed by atoms with E-state index in [0.717, 1.165) is 11.1 Å². The summed E-state index contributed by atoms with van der Waals surface area (Å²) in [4.78, 5) is 23.8. The van der Waals surface area contributed by atoms with Crippen molar-refractivity contribution in [2.75, 3.05) is 0 Å². The van der Waals surface area contributed by atoms with Gasteiger partial charge in [0.25, 0.3) is 0 Å². The molecule has 92 valence electrons. The average molecular weight is 242 g/mol. The van der Waals surface area contributed by atoms with Gasteiger partial charge in [0.2, 0.25) is 11.8 Å². The minimum absolute atomic E-state index is 0.339. The molecule has 0 heterocycles. The molecule has 0 aliphatic heterocycles. The Kier molecular flexibility index (Phi) is 1.97. The molecule has 2 amide bonds. The van der Waals surface area contributed by atoms with E-state index < -0.39 is 22.6 Å². The van der Waals surface area contributed by atoms with Crippen molar-refractivity contribution in [1.82, 2.24) is 0 Å². The van der Waals surface area contributed by atoms with Gasteiger partial charge >= 0.3 is 0 Å². The summed E-state index contributed by atoms with van der Waals surface area (Å²) in [5.41, 5.74) is 11.2. The molecule has 1 aromatic carbocycles. The van der Waals surface area contributed by atoms with Crippen LogP contribution in [0.5, 0.6) is 0 Å². The quantitative estimate of drug-likeness (QED) is 0.740. The van der Waals surface area contributed by atoms with Crippen LogP contribution in [0.1, 0.15) is 24.0 Å². The van der Waals surface area contributed by atoms with E-state index >= 15 is 0 Å². The molecule has 0 fully saturated rings.